The molecule has 1 saturated heterocycles. The largest absolute Gasteiger partial charge is 0.384 e. The molecule has 5 rings (SSSR count). The molecule has 0 radical (unpaired) electrons. The van der Waals surface area contributed by atoms with Gasteiger partial charge in [0.25, 0.3) is 0 Å². The Morgan fingerprint density at radius 1 is 0.909 bits per heavy atom. The number of aryl methyl sites for hydroxylation is 2. The summed E-state index contributed by atoms with van der Waals surface area (Å²) in [7, 11) is 0. The number of nitrogens with two attached hydrogens (primary N) is 1. The molecule has 4 aromatic rings. The summed E-state index contributed by atoms with van der Waals surface area (Å²) in [5.41, 5.74) is 11.1. The number of nitrogen functional groups attached to an aromatic ring is 1. The van der Waals surface area contributed by atoms with Gasteiger partial charge in [-0.1, -0.05) is 12.0 Å². The van der Waals surface area contributed by atoms with Gasteiger partial charge in [0.1, 0.15) is 11.5 Å². The van der Waals surface area contributed by atoms with Crippen LogP contribution in [0.4, 0.5) is 11.8 Å². The normalized spacial score (nSPS) is 13.6. The Hall–Kier alpha value is -4.02. The first-order valence-corrected chi connectivity index (χ1v) is 10.9. The number of benzene rings is 1. The van der Waals surface area contributed by atoms with Gasteiger partial charge < -0.3 is 15.4 Å². The fourth-order valence-electron chi connectivity index (χ4n) is 4.06. The van der Waals surface area contributed by atoms with Gasteiger partial charge in [0.05, 0.1) is 24.6 Å². The zero-order chi connectivity index (χ0) is 22.8. The van der Waals surface area contributed by atoms with Crippen LogP contribution in [0, 0.1) is 25.7 Å². The minimum atomic E-state index is 0.425. The van der Waals surface area contributed by atoms with Crippen molar-refractivity contribution < 1.29 is 4.74 Å². The second kappa shape index (κ2) is 8.85. The molecule has 33 heavy (non-hydrogen) atoms. The highest BCUT2D eigenvalue weighted by Gasteiger charge is 2.19. The van der Waals surface area contributed by atoms with Gasteiger partial charge in [-0.2, -0.15) is 0 Å². The Kier molecular flexibility index (Phi) is 5.59. The molecule has 2 N–H and O–H groups in total. The third kappa shape index (κ3) is 4.34. The van der Waals surface area contributed by atoms with E-state index >= 15 is 0 Å². The summed E-state index contributed by atoms with van der Waals surface area (Å²) < 4.78 is 5.45. The molecule has 1 aliphatic rings. The Balaban J connectivity index is 1.55. The van der Waals surface area contributed by atoms with Crippen molar-refractivity contribution in [2.75, 3.05) is 36.9 Å². The summed E-state index contributed by atoms with van der Waals surface area (Å²) in [6, 6.07) is 11.8. The van der Waals surface area contributed by atoms with Gasteiger partial charge in [-0.15, -0.1) is 0 Å². The minimum Gasteiger partial charge on any atom is -0.384 e. The van der Waals surface area contributed by atoms with E-state index in [9.17, 15) is 0 Å². The van der Waals surface area contributed by atoms with Gasteiger partial charge in [-0.3, -0.25) is 4.98 Å². The standard InChI is InChI=1S/C26H24N6O/c1-17-25(18(2)30-26(29-17)32-11-13-33-14-12-32)22-6-8-24(27)31-23(22)7-4-19-3-5-21-16-28-10-9-20(21)15-19/h3,5-6,8-10,15-16H,11-14H2,1-2H3,(H2,27,31). The van der Waals surface area contributed by atoms with Crippen molar-refractivity contribution in [2.45, 2.75) is 13.8 Å². The zero-order valence-corrected chi connectivity index (χ0v) is 18.7. The third-order valence-corrected chi connectivity index (χ3v) is 5.70. The predicted molar refractivity (Wildman–Crippen MR) is 130 cm³/mol. The van der Waals surface area contributed by atoms with Crippen LogP contribution < -0.4 is 10.6 Å². The van der Waals surface area contributed by atoms with Crippen molar-refractivity contribution in [1.29, 1.82) is 0 Å². The molecule has 3 aromatic heterocycles. The lowest BCUT2D eigenvalue weighted by Gasteiger charge is -2.27. The topological polar surface area (TPSA) is 90.0 Å². The van der Waals surface area contributed by atoms with Gasteiger partial charge in [0.15, 0.2) is 0 Å². The molecule has 7 heteroatoms. The van der Waals surface area contributed by atoms with E-state index in [1.54, 1.807) is 12.3 Å². The summed E-state index contributed by atoms with van der Waals surface area (Å²) in [5.74, 6) is 7.63. The molecule has 0 atom stereocenters. The van der Waals surface area contributed by atoms with E-state index in [-0.39, 0.29) is 0 Å². The van der Waals surface area contributed by atoms with Gasteiger partial charge in [0, 0.05) is 47.6 Å². The maximum atomic E-state index is 6.01. The lowest BCUT2D eigenvalue weighted by atomic mass is 10.0. The number of rotatable bonds is 2. The summed E-state index contributed by atoms with van der Waals surface area (Å²) in [6.45, 7) is 6.96. The van der Waals surface area contributed by atoms with E-state index < -0.39 is 0 Å². The van der Waals surface area contributed by atoms with Crippen LogP contribution in [0.1, 0.15) is 22.6 Å². The van der Waals surface area contributed by atoms with Crippen LogP contribution >= 0.6 is 0 Å². The van der Waals surface area contributed by atoms with Gasteiger partial charge in [-0.25, -0.2) is 15.0 Å². The molecular weight excluding hydrogens is 412 g/mol. The predicted octanol–water partition coefficient (Wildman–Crippen LogP) is 3.52. The molecule has 0 spiro atoms. The molecule has 164 valence electrons. The quantitative estimate of drug-likeness (QED) is 0.481. The highest BCUT2D eigenvalue weighted by atomic mass is 16.5. The second-order valence-corrected chi connectivity index (χ2v) is 7.99. The molecule has 0 unspecified atom stereocenters. The van der Waals surface area contributed by atoms with Gasteiger partial charge in [-0.05, 0) is 55.5 Å². The number of hydrogen-bond donors (Lipinski definition) is 1. The SMILES string of the molecule is Cc1nc(N2CCOCC2)nc(C)c1-c1ccc(N)nc1C#Cc1ccc2cnccc2c1. The minimum absolute atomic E-state index is 0.425. The second-order valence-electron chi connectivity index (χ2n) is 7.99. The summed E-state index contributed by atoms with van der Waals surface area (Å²) in [6.07, 6.45) is 3.62. The van der Waals surface area contributed by atoms with E-state index in [0.717, 1.165) is 57.9 Å². The number of anilines is 2. The number of aromatic nitrogens is 4. The van der Waals surface area contributed by atoms with Crippen molar-refractivity contribution in [2.24, 2.45) is 0 Å². The van der Waals surface area contributed by atoms with E-state index in [4.69, 9.17) is 20.4 Å². The highest BCUT2D eigenvalue weighted by molar-refractivity contribution is 5.83. The number of ether oxygens (including phenoxy) is 1. The number of hydrogen-bond acceptors (Lipinski definition) is 7. The van der Waals surface area contributed by atoms with Crippen molar-refractivity contribution in [3.8, 4) is 23.0 Å². The maximum absolute atomic E-state index is 6.01. The number of nitrogens with zero attached hydrogens (tertiary/aromatic N) is 5. The Morgan fingerprint density at radius 2 is 1.70 bits per heavy atom. The molecule has 7 nitrogen and oxygen atoms in total. The molecule has 1 aromatic carbocycles. The molecule has 0 saturated carbocycles. The summed E-state index contributed by atoms with van der Waals surface area (Å²) in [4.78, 5) is 20.4. The fourth-order valence-corrected chi connectivity index (χ4v) is 4.06. The summed E-state index contributed by atoms with van der Waals surface area (Å²) >= 11 is 0. The van der Waals surface area contributed by atoms with E-state index in [1.807, 2.05) is 50.4 Å². The number of fused-ring (bicyclic) bond motifs is 1. The average Bonchev–Trinajstić information content (AvgIpc) is 2.83. The van der Waals surface area contributed by atoms with Crippen molar-refractivity contribution in [3.05, 3.63) is 71.4 Å². The van der Waals surface area contributed by atoms with Crippen LogP contribution in [0.3, 0.4) is 0 Å². The van der Waals surface area contributed by atoms with Crippen LogP contribution in [0.25, 0.3) is 21.9 Å². The molecule has 0 aliphatic carbocycles. The monoisotopic (exact) mass is 436 g/mol. The first kappa shape index (κ1) is 20.9. The molecule has 1 fully saturated rings. The van der Waals surface area contributed by atoms with Crippen LogP contribution in [0.5, 0.6) is 0 Å². The first-order chi connectivity index (χ1) is 16.1. The molecule has 0 bridgehead atoms. The molecule has 4 heterocycles. The maximum Gasteiger partial charge on any atom is 0.225 e. The van der Waals surface area contributed by atoms with Crippen molar-refractivity contribution in [1.82, 2.24) is 19.9 Å². The smallest absolute Gasteiger partial charge is 0.225 e. The summed E-state index contributed by atoms with van der Waals surface area (Å²) in [5, 5.41) is 2.17. The molecule has 0 amide bonds. The van der Waals surface area contributed by atoms with Gasteiger partial charge >= 0.3 is 0 Å². The van der Waals surface area contributed by atoms with Crippen LogP contribution in [-0.2, 0) is 4.74 Å². The zero-order valence-electron chi connectivity index (χ0n) is 18.7. The fraction of sp³-hybridized carbons (Fsp3) is 0.231. The Bertz CT molecular complexity index is 1380. The van der Waals surface area contributed by atoms with E-state index in [2.05, 4.69) is 26.7 Å². The van der Waals surface area contributed by atoms with Crippen LogP contribution in [0.2, 0.25) is 0 Å². The Morgan fingerprint density at radius 3 is 2.48 bits per heavy atom. The lowest BCUT2D eigenvalue weighted by molar-refractivity contribution is 0.122. The van der Waals surface area contributed by atoms with Crippen molar-refractivity contribution in [3.63, 3.8) is 0 Å². The van der Waals surface area contributed by atoms with E-state index in [1.165, 1.54) is 0 Å². The van der Waals surface area contributed by atoms with Crippen LogP contribution in [-0.4, -0.2) is 46.2 Å². The van der Waals surface area contributed by atoms with E-state index in [0.29, 0.717) is 24.7 Å². The molecular formula is C26H24N6O. The third-order valence-electron chi connectivity index (χ3n) is 5.70. The van der Waals surface area contributed by atoms with Gasteiger partial charge in [0.2, 0.25) is 5.95 Å². The van der Waals surface area contributed by atoms with Crippen molar-refractivity contribution >= 4 is 22.5 Å². The lowest BCUT2D eigenvalue weighted by Crippen LogP contribution is -2.37. The average molecular weight is 437 g/mol. The Labute approximate surface area is 192 Å². The highest BCUT2D eigenvalue weighted by Crippen LogP contribution is 2.30. The molecule has 1 aliphatic heterocycles. The van der Waals surface area contributed by atoms with Crippen LogP contribution in [0.15, 0.2) is 48.8 Å². The number of pyridine rings is 2. The first-order valence-electron chi connectivity index (χ1n) is 10.9. The number of morpholine rings is 1.